The molecule has 2 heterocycles. The van der Waals surface area contributed by atoms with Crippen LogP contribution in [0.5, 0.6) is 0 Å². The summed E-state index contributed by atoms with van der Waals surface area (Å²) in [6, 6.07) is 17.8. The molecule has 2 aromatic carbocycles. The van der Waals surface area contributed by atoms with E-state index in [4.69, 9.17) is 16.6 Å². The summed E-state index contributed by atoms with van der Waals surface area (Å²) in [4.78, 5) is 16.2. The first-order valence-electron chi connectivity index (χ1n) is 8.59. The van der Waals surface area contributed by atoms with Crippen LogP contribution in [-0.2, 0) is 0 Å². The molecular weight excluding hydrogens is 346 g/mol. The van der Waals surface area contributed by atoms with Crippen molar-refractivity contribution in [2.24, 2.45) is 0 Å². The van der Waals surface area contributed by atoms with Gasteiger partial charge in [0.25, 0.3) is 5.91 Å². The van der Waals surface area contributed by atoms with Crippen molar-refractivity contribution in [1.29, 1.82) is 0 Å². The van der Waals surface area contributed by atoms with Crippen LogP contribution >= 0.6 is 12.2 Å². The van der Waals surface area contributed by atoms with E-state index in [0.717, 1.165) is 11.1 Å². The van der Waals surface area contributed by atoms with Gasteiger partial charge in [-0.05, 0) is 35.8 Å². The molecule has 132 valence electrons. The van der Waals surface area contributed by atoms with Crippen molar-refractivity contribution in [1.82, 2.24) is 9.80 Å². The Hall–Kier alpha value is -2.86. The molecule has 0 radical (unpaired) electrons. The van der Waals surface area contributed by atoms with E-state index in [9.17, 15) is 4.79 Å². The second-order valence-electron chi connectivity index (χ2n) is 6.21. The van der Waals surface area contributed by atoms with Crippen molar-refractivity contribution in [3.63, 3.8) is 0 Å². The normalized spacial score (nSPS) is 14.5. The lowest BCUT2D eigenvalue weighted by molar-refractivity contribution is 0.0661. The van der Waals surface area contributed by atoms with Gasteiger partial charge in [-0.1, -0.05) is 36.4 Å². The molecule has 0 unspecified atom stereocenters. The summed E-state index contributed by atoms with van der Waals surface area (Å²) in [5, 5.41) is 6.37. The van der Waals surface area contributed by atoms with Gasteiger partial charge in [0, 0.05) is 37.3 Å². The molecule has 1 aromatic heterocycles. The summed E-state index contributed by atoms with van der Waals surface area (Å²) in [5.74, 6) is 0.317. The number of nitrogens with zero attached hydrogens (tertiary/aromatic N) is 2. The number of amides is 1. The summed E-state index contributed by atoms with van der Waals surface area (Å²) in [6.07, 6.45) is 1.52. The Labute approximate surface area is 157 Å². The first-order valence-corrected chi connectivity index (χ1v) is 9.00. The van der Waals surface area contributed by atoms with E-state index in [1.54, 1.807) is 17.0 Å². The number of thiocarbonyl (C=S) groups is 1. The average Bonchev–Trinajstić information content (AvgIpc) is 3.23. The van der Waals surface area contributed by atoms with Gasteiger partial charge >= 0.3 is 0 Å². The van der Waals surface area contributed by atoms with Crippen molar-refractivity contribution >= 4 is 39.7 Å². The SMILES string of the molecule is O=C(c1ccco1)N1CCN(C(=S)Nc2cccc3ccccc23)CC1. The zero-order valence-corrected chi connectivity index (χ0v) is 15.0. The van der Waals surface area contributed by atoms with Gasteiger partial charge in [0.05, 0.1) is 6.26 Å². The van der Waals surface area contributed by atoms with Crippen LogP contribution in [0.2, 0.25) is 0 Å². The first-order chi connectivity index (χ1) is 12.7. The molecule has 1 aliphatic heterocycles. The number of rotatable bonds is 2. The number of carbonyl (C=O) groups excluding carboxylic acids is 1. The standard InChI is InChI=1S/C20H19N3O2S/c24-19(18-9-4-14-25-18)22-10-12-23(13-11-22)20(26)21-17-8-3-6-15-5-1-2-7-16(15)17/h1-9,14H,10-13H2,(H,21,26). The smallest absolute Gasteiger partial charge is 0.289 e. The number of nitrogens with one attached hydrogen (secondary N) is 1. The highest BCUT2D eigenvalue weighted by atomic mass is 32.1. The maximum absolute atomic E-state index is 12.3. The minimum atomic E-state index is -0.0671. The second kappa shape index (κ2) is 7.17. The third-order valence-electron chi connectivity index (χ3n) is 4.62. The van der Waals surface area contributed by atoms with Crippen LogP contribution in [0.25, 0.3) is 10.8 Å². The Morgan fingerprint density at radius 2 is 1.65 bits per heavy atom. The lowest BCUT2D eigenvalue weighted by Gasteiger charge is -2.35. The molecule has 0 spiro atoms. The Bertz CT molecular complexity index is 926. The molecule has 1 fully saturated rings. The molecule has 3 aromatic rings. The van der Waals surface area contributed by atoms with E-state index < -0.39 is 0 Å². The molecular formula is C20H19N3O2S. The number of piperazine rings is 1. The highest BCUT2D eigenvalue weighted by Gasteiger charge is 2.24. The Kier molecular flexibility index (Phi) is 4.58. The van der Waals surface area contributed by atoms with Crippen LogP contribution in [0.15, 0.2) is 65.3 Å². The zero-order valence-electron chi connectivity index (χ0n) is 14.2. The van der Waals surface area contributed by atoms with Gasteiger partial charge in [-0.2, -0.15) is 0 Å². The zero-order chi connectivity index (χ0) is 17.9. The van der Waals surface area contributed by atoms with Crippen LogP contribution in [0.4, 0.5) is 5.69 Å². The maximum atomic E-state index is 12.3. The molecule has 1 saturated heterocycles. The number of furan rings is 1. The molecule has 1 aliphatic rings. The molecule has 6 heteroatoms. The van der Waals surface area contributed by atoms with Crippen LogP contribution in [-0.4, -0.2) is 47.0 Å². The van der Waals surface area contributed by atoms with E-state index >= 15 is 0 Å². The van der Waals surface area contributed by atoms with Gasteiger partial charge < -0.3 is 19.5 Å². The summed E-state index contributed by atoms with van der Waals surface area (Å²) >= 11 is 5.60. The number of fused-ring (bicyclic) bond motifs is 1. The molecule has 0 aliphatic carbocycles. The number of hydrogen-bond acceptors (Lipinski definition) is 3. The number of hydrogen-bond donors (Lipinski definition) is 1. The van der Waals surface area contributed by atoms with Crippen molar-refractivity contribution in [3.05, 3.63) is 66.6 Å². The highest BCUT2D eigenvalue weighted by Crippen LogP contribution is 2.23. The van der Waals surface area contributed by atoms with Crippen LogP contribution in [0.1, 0.15) is 10.6 Å². The minimum Gasteiger partial charge on any atom is -0.459 e. The average molecular weight is 365 g/mol. The predicted molar refractivity (Wildman–Crippen MR) is 106 cm³/mol. The Balaban J connectivity index is 1.40. The lowest BCUT2D eigenvalue weighted by atomic mass is 10.1. The van der Waals surface area contributed by atoms with Gasteiger partial charge in [0.15, 0.2) is 10.9 Å². The second-order valence-corrected chi connectivity index (χ2v) is 6.60. The molecule has 0 atom stereocenters. The third kappa shape index (κ3) is 3.28. The van der Waals surface area contributed by atoms with Gasteiger partial charge in [-0.15, -0.1) is 0 Å². The van der Waals surface area contributed by atoms with Crippen molar-refractivity contribution in [3.8, 4) is 0 Å². The monoisotopic (exact) mass is 365 g/mol. The maximum Gasteiger partial charge on any atom is 0.289 e. The van der Waals surface area contributed by atoms with Gasteiger partial charge in [-0.25, -0.2) is 0 Å². The molecule has 1 amide bonds. The van der Waals surface area contributed by atoms with Crippen molar-refractivity contribution in [2.75, 3.05) is 31.5 Å². The van der Waals surface area contributed by atoms with Crippen LogP contribution in [0.3, 0.4) is 0 Å². The summed E-state index contributed by atoms with van der Waals surface area (Å²) in [7, 11) is 0. The van der Waals surface area contributed by atoms with Gasteiger partial charge in [-0.3, -0.25) is 4.79 Å². The molecule has 5 nitrogen and oxygen atoms in total. The fourth-order valence-electron chi connectivity index (χ4n) is 3.20. The Morgan fingerprint density at radius 3 is 2.42 bits per heavy atom. The molecule has 26 heavy (non-hydrogen) atoms. The first kappa shape index (κ1) is 16.6. The van der Waals surface area contributed by atoms with E-state index in [0.29, 0.717) is 37.1 Å². The largest absolute Gasteiger partial charge is 0.459 e. The van der Waals surface area contributed by atoms with Crippen molar-refractivity contribution < 1.29 is 9.21 Å². The van der Waals surface area contributed by atoms with Gasteiger partial charge in [0.1, 0.15) is 0 Å². The third-order valence-corrected chi connectivity index (χ3v) is 4.98. The topological polar surface area (TPSA) is 48.7 Å². The van der Waals surface area contributed by atoms with E-state index in [-0.39, 0.29) is 5.91 Å². The Morgan fingerprint density at radius 1 is 0.923 bits per heavy atom. The lowest BCUT2D eigenvalue weighted by Crippen LogP contribution is -2.51. The summed E-state index contributed by atoms with van der Waals surface area (Å²) in [5.41, 5.74) is 1.00. The predicted octanol–water partition coefficient (Wildman–Crippen LogP) is 3.59. The molecule has 1 N–H and O–H groups in total. The summed E-state index contributed by atoms with van der Waals surface area (Å²) < 4.78 is 5.20. The van der Waals surface area contributed by atoms with E-state index in [1.165, 1.54) is 11.6 Å². The fourth-order valence-corrected chi connectivity index (χ4v) is 3.49. The van der Waals surface area contributed by atoms with Crippen LogP contribution < -0.4 is 5.32 Å². The number of benzene rings is 2. The highest BCUT2D eigenvalue weighted by molar-refractivity contribution is 7.80. The van der Waals surface area contributed by atoms with E-state index in [2.05, 4.69) is 28.4 Å². The molecule has 4 rings (SSSR count). The van der Waals surface area contributed by atoms with Crippen LogP contribution in [0, 0.1) is 0 Å². The minimum absolute atomic E-state index is 0.0671. The summed E-state index contributed by atoms with van der Waals surface area (Å²) in [6.45, 7) is 2.64. The fraction of sp³-hybridized carbons (Fsp3) is 0.200. The van der Waals surface area contributed by atoms with E-state index in [1.807, 2.05) is 24.3 Å². The van der Waals surface area contributed by atoms with Gasteiger partial charge in [0.2, 0.25) is 0 Å². The number of anilines is 1. The molecule has 0 bridgehead atoms. The van der Waals surface area contributed by atoms with Crippen molar-refractivity contribution in [2.45, 2.75) is 0 Å². The number of carbonyl (C=O) groups is 1. The molecule has 0 saturated carbocycles. The quantitative estimate of drug-likeness (QED) is 0.704.